The molecule has 0 aliphatic rings. The molecular formula is C31H29N3O2. The number of ether oxygens (including phenoxy) is 1. The maximum Gasteiger partial charge on any atom is 0.221 e. The second kappa shape index (κ2) is 10.5. The van der Waals surface area contributed by atoms with Gasteiger partial charge in [-0.05, 0) is 35.7 Å². The van der Waals surface area contributed by atoms with E-state index in [1.165, 1.54) is 0 Å². The van der Waals surface area contributed by atoms with Crippen molar-refractivity contribution >= 4 is 11.6 Å². The van der Waals surface area contributed by atoms with Crippen LogP contribution in [0.1, 0.15) is 46.3 Å². The number of hydrogen-bond donors (Lipinski definition) is 1. The number of hydrogen-bond acceptors (Lipinski definition) is 3. The lowest BCUT2D eigenvalue weighted by Gasteiger charge is -2.23. The number of rotatable bonds is 8. The molecule has 3 aromatic carbocycles. The summed E-state index contributed by atoms with van der Waals surface area (Å²) in [7, 11) is 1.66. The minimum atomic E-state index is -0.248. The Labute approximate surface area is 211 Å². The molecule has 0 saturated carbocycles. The van der Waals surface area contributed by atoms with Gasteiger partial charge in [0.15, 0.2) is 0 Å². The summed E-state index contributed by atoms with van der Waals surface area (Å²) < 4.78 is 7.78. The van der Waals surface area contributed by atoms with Crippen LogP contribution in [-0.4, -0.2) is 22.4 Å². The van der Waals surface area contributed by atoms with E-state index < -0.39 is 0 Å². The van der Waals surface area contributed by atoms with E-state index in [0.717, 1.165) is 39.3 Å². The van der Waals surface area contributed by atoms with Gasteiger partial charge < -0.3 is 14.5 Å². The topological polar surface area (TPSA) is 55.6 Å². The summed E-state index contributed by atoms with van der Waals surface area (Å²) in [6.07, 6.45) is 4.12. The molecule has 2 heterocycles. The molecule has 0 bridgehead atoms. The number of pyridine rings is 1. The van der Waals surface area contributed by atoms with Crippen molar-refractivity contribution in [2.75, 3.05) is 7.11 Å². The van der Waals surface area contributed by atoms with Gasteiger partial charge in [-0.3, -0.25) is 4.79 Å². The quantitative estimate of drug-likeness (QED) is 0.296. The summed E-state index contributed by atoms with van der Waals surface area (Å²) in [5.74, 6) is 0.455. The van der Waals surface area contributed by atoms with Crippen molar-refractivity contribution in [1.82, 2.24) is 14.7 Å². The Bertz CT molecular complexity index is 1420. The van der Waals surface area contributed by atoms with Crippen molar-refractivity contribution in [3.8, 4) is 5.75 Å². The monoisotopic (exact) mass is 475 g/mol. The highest BCUT2D eigenvalue weighted by Gasteiger charge is 2.26. The fourth-order valence-electron chi connectivity index (χ4n) is 4.81. The molecule has 5 nitrogen and oxygen atoms in total. The number of amides is 1. The highest BCUT2D eigenvalue weighted by atomic mass is 16.5. The number of nitrogens with zero attached hydrogens (tertiary/aromatic N) is 2. The van der Waals surface area contributed by atoms with Crippen LogP contribution in [0.25, 0.3) is 5.65 Å². The van der Waals surface area contributed by atoms with E-state index in [0.29, 0.717) is 0 Å². The van der Waals surface area contributed by atoms with E-state index in [1.54, 1.807) is 7.11 Å². The Kier molecular flexibility index (Phi) is 6.80. The molecule has 5 aromatic rings. The summed E-state index contributed by atoms with van der Waals surface area (Å²) in [6, 6.07) is 31.8. The number of carbonyl (C=O) groups is 1. The summed E-state index contributed by atoms with van der Waals surface area (Å²) >= 11 is 0. The summed E-state index contributed by atoms with van der Waals surface area (Å²) in [5.41, 5.74) is 5.95. The number of imidazole rings is 1. The predicted molar refractivity (Wildman–Crippen MR) is 142 cm³/mol. The zero-order valence-corrected chi connectivity index (χ0v) is 20.5. The molecule has 0 spiro atoms. The molecule has 1 amide bonds. The highest BCUT2D eigenvalue weighted by molar-refractivity contribution is 5.79. The Morgan fingerprint density at radius 2 is 1.53 bits per heavy atom. The molecule has 5 rings (SSSR count). The third-order valence-electron chi connectivity index (χ3n) is 6.59. The van der Waals surface area contributed by atoms with Crippen LogP contribution in [0.15, 0.2) is 109 Å². The van der Waals surface area contributed by atoms with Gasteiger partial charge in [-0.15, -0.1) is 0 Å². The van der Waals surface area contributed by atoms with E-state index in [-0.39, 0.29) is 24.3 Å². The molecule has 0 aliphatic heterocycles. The number of methoxy groups -OCH3 is 1. The Hall–Kier alpha value is -4.38. The summed E-state index contributed by atoms with van der Waals surface area (Å²) in [4.78, 5) is 18.4. The van der Waals surface area contributed by atoms with Crippen LogP contribution >= 0.6 is 0 Å². The molecular weight excluding hydrogens is 446 g/mol. The average molecular weight is 476 g/mol. The number of aromatic nitrogens is 2. The lowest BCUT2D eigenvalue weighted by Crippen LogP contribution is -2.30. The smallest absolute Gasteiger partial charge is 0.221 e. The normalized spacial score (nSPS) is 12.0. The van der Waals surface area contributed by atoms with Gasteiger partial charge >= 0.3 is 0 Å². The number of carbonyl (C=O) groups excluding carboxylic acids is 1. The SMILES string of the molecule is COc1ccccc1C(CC(=O)NC(c1ccccc1)c1ccccc1)c1cnc2c(C)cccn12. The van der Waals surface area contributed by atoms with Crippen LogP contribution in [0.4, 0.5) is 0 Å². The molecule has 2 aromatic heterocycles. The van der Waals surface area contributed by atoms with Crippen LogP contribution in [0.5, 0.6) is 5.75 Å². The van der Waals surface area contributed by atoms with E-state index in [4.69, 9.17) is 4.74 Å². The molecule has 1 N–H and O–H groups in total. The number of nitrogens with one attached hydrogen (secondary N) is 1. The van der Waals surface area contributed by atoms with Gasteiger partial charge in [0.25, 0.3) is 0 Å². The third-order valence-corrected chi connectivity index (χ3v) is 6.59. The first-order chi connectivity index (χ1) is 17.7. The third kappa shape index (κ3) is 4.73. The molecule has 5 heteroatoms. The predicted octanol–water partition coefficient (Wildman–Crippen LogP) is 6.08. The second-order valence-corrected chi connectivity index (χ2v) is 8.89. The second-order valence-electron chi connectivity index (χ2n) is 8.89. The van der Waals surface area contributed by atoms with Crippen molar-refractivity contribution in [3.05, 3.63) is 137 Å². The van der Waals surface area contributed by atoms with Crippen molar-refractivity contribution in [1.29, 1.82) is 0 Å². The van der Waals surface area contributed by atoms with Crippen molar-refractivity contribution in [2.45, 2.75) is 25.3 Å². The number of fused-ring (bicyclic) bond motifs is 1. The average Bonchev–Trinajstić information content (AvgIpc) is 3.37. The first-order valence-electron chi connectivity index (χ1n) is 12.1. The number of benzene rings is 3. The maximum atomic E-state index is 13.7. The van der Waals surface area contributed by atoms with Crippen LogP contribution < -0.4 is 10.1 Å². The van der Waals surface area contributed by atoms with Gasteiger partial charge in [-0.25, -0.2) is 4.98 Å². The van der Waals surface area contributed by atoms with E-state index >= 15 is 0 Å². The fourth-order valence-corrected chi connectivity index (χ4v) is 4.81. The van der Waals surface area contributed by atoms with E-state index in [2.05, 4.69) is 14.7 Å². The summed E-state index contributed by atoms with van der Waals surface area (Å²) in [6.45, 7) is 2.04. The first kappa shape index (κ1) is 23.4. The molecule has 0 fully saturated rings. The van der Waals surface area contributed by atoms with Gasteiger partial charge in [0.1, 0.15) is 11.4 Å². The van der Waals surface area contributed by atoms with Gasteiger partial charge in [0.2, 0.25) is 5.91 Å². The van der Waals surface area contributed by atoms with Crippen molar-refractivity contribution in [2.24, 2.45) is 0 Å². The molecule has 0 aliphatic carbocycles. The lowest BCUT2D eigenvalue weighted by atomic mass is 9.90. The highest BCUT2D eigenvalue weighted by Crippen LogP contribution is 2.35. The Balaban J connectivity index is 1.53. The Morgan fingerprint density at radius 3 is 2.19 bits per heavy atom. The molecule has 180 valence electrons. The first-order valence-corrected chi connectivity index (χ1v) is 12.1. The van der Waals surface area contributed by atoms with E-state index in [1.807, 2.05) is 116 Å². The van der Waals surface area contributed by atoms with Gasteiger partial charge in [0, 0.05) is 30.3 Å². The lowest BCUT2D eigenvalue weighted by molar-refractivity contribution is -0.121. The van der Waals surface area contributed by atoms with Crippen molar-refractivity contribution in [3.63, 3.8) is 0 Å². The van der Waals surface area contributed by atoms with Gasteiger partial charge in [-0.1, -0.05) is 84.9 Å². The molecule has 0 saturated heterocycles. The maximum absolute atomic E-state index is 13.7. The Morgan fingerprint density at radius 1 is 0.889 bits per heavy atom. The standard InChI is InChI=1S/C31H29N3O2/c1-22-12-11-19-34-27(21-32-31(22)34)26(25-17-9-10-18-28(25)36-2)20-29(35)33-30(23-13-5-3-6-14-23)24-15-7-4-8-16-24/h3-19,21,26,30H,20H2,1-2H3,(H,33,35). The molecule has 36 heavy (non-hydrogen) atoms. The van der Waals surface area contributed by atoms with Crippen LogP contribution in [0, 0.1) is 6.92 Å². The van der Waals surface area contributed by atoms with Crippen molar-refractivity contribution < 1.29 is 9.53 Å². The molecule has 0 radical (unpaired) electrons. The van der Waals surface area contributed by atoms with Crippen LogP contribution in [0.3, 0.4) is 0 Å². The van der Waals surface area contributed by atoms with E-state index in [9.17, 15) is 4.79 Å². The fraction of sp³-hybridized carbons (Fsp3) is 0.161. The van der Waals surface area contributed by atoms with Gasteiger partial charge in [0.05, 0.1) is 18.8 Å². The van der Waals surface area contributed by atoms with Gasteiger partial charge in [-0.2, -0.15) is 0 Å². The molecule has 1 atom stereocenters. The number of para-hydroxylation sites is 1. The van der Waals surface area contributed by atoms with Crippen LogP contribution in [0.2, 0.25) is 0 Å². The zero-order valence-electron chi connectivity index (χ0n) is 20.5. The molecule has 1 unspecified atom stereocenters. The number of aryl methyl sites for hydroxylation is 1. The van der Waals surface area contributed by atoms with Crippen LogP contribution in [-0.2, 0) is 4.79 Å². The largest absolute Gasteiger partial charge is 0.496 e. The minimum absolute atomic E-state index is 0.0498. The minimum Gasteiger partial charge on any atom is -0.496 e. The zero-order chi connectivity index (χ0) is 24.9. The summed E-state index contributed by atoms with van der Waals surface area (Å²) in [5, 5.41) is 3.30.